The quantitative estimate of drug-likeness (QED) is 0.872. The molecule has 2 aromatic heterocycles. The highest BCUT2D eigenvalue weighted by Gasteiger charge is 2.53. The Morgan fingerprint density at radius 3 is 2.94 bits per heavy atom. The van der Waals surface area contributed by atoms with E-state index < -0.39 is 0 Å². The number of pyridine rings is 1. The predicted octanol–water partition coefficient (Wildman–Crippen LogP) is 2.61. The van der Waals surface area contributed by atoms with Gasteiger partial charge in [0.2, 0.25) is 0 Å². The summed E-state index contributed by atoms with van der Waals surface area (Å²) >= 11 is 0. The van der Waals surface area contributed by atoms with Crippen LogP contribution in [0.3, 0.4) is 0 Å². The molecule has 0 aliphatic heterocycles. The molecule has 0 aromatic carbocycles. The van der Waals surface area contributed by atoms with Gasteiger partial charge in [0.15, 0.2) is 0 Å². The molecule has 1 N–H and O–H groups in total. The molecule has 2 aromatic rings. The van der Waals surface area contributed by atoms with Gasteiger partial charge in [0.25, 0.3) is 0 Å². The molecule has 2 aliphatic rings. The third-order valence-corrected chi connectivity index (χ3v) is 4.53. The number of fused-ring (bicyclic) bond motifs is 1. The molecular weight excluding hydrogens is 222 g/mol. The Balaban J connectivity index is 1.39. The third-order valence-electron chi connectivity index (χ3n) is 4.53. The van der Waals surface area contributed by atoms with Gasteiger partial charge >= 0.3 is 0 Å². The summed E-state index contributed by atoms with van der Waals surface area (Å²) in [5.41, 5.74) is 2.87. The standard InChI is InChI=1S/C15H19N3/c1-2-8-18-10-13(17-14(18)3-1)9-16-11-15(6-7-15)12-4-5-12/h1-3,8,10,12,16H,4-7,9,11H2. The summed E-state index contributed by atoms with van der Waals surface area (Å²) in [5.74, 6) is 1.03. The van der Waals surface area contributed by atoms with Crippen LogP contribution in [0, 0.1) is 11.3 Å². The fraction of sp³-hybridized carbons (Fsp3) is 0.533. The van der Waals surface area contributed by atoms with E-state index in [0.29, 0.717) is 5.41 Å². The molecule has 18 heavy (non-hydrogen) atoms. The van der Waals surface area contributed by atoms with Gasteiger partial charge in [-0.3, -0.25) is 0 Å². The van der Waals surface area contributed by atoms with Gasteiger partial charge in [0.05, 0.1) is 5.69 Å². The molecule has 0 atom stereocenters. The summed E-state index contributed by atoms with van der Waals surface area (Å²) in [4.78, 5) is 4.61. The second-order valence-electron chi connectivity index (χ2n) is 5.94. The average Bonchev–Trinajstić information content (AvgIpc) is 3.26. The number of nitrogens with zero attached hydrogens (tertiary/aromatic N) is 2. The van der Waals surface area contributed by atoms with E-state index in [0.717, 1.165) is 23.8 Å². The zero-order valence-electron chi connectivity index (χ0n) is 10.6. The Morgan fingerprint density at radius 1 is 1.33 bits per heavy atom. The first-order valence-corrected chi connectivity index (χ1v) is 6.99. The first-order chi connectivity index (χ1) is 8.86. The molecule has 2 aliphatic carbocycles. The number of aromatic nitrogens is 2. The maximum Gasteiger partial charge on any atom is 0.137 e. The van der Waals surface area contributed by atoms with E-state index >= 15 is 0 Å². The van der Waals surface area contributed by atoms with Crippen molar-refractivity contribution in [3.05, 3.63) is 36.3 Å². The van der Waals surface area contributed by atoms with E-state index in [9.17, 15) is 0 Å². The van der Waals surface area contributed by atoms with E-state index in [1.54, 1.807) is 0 Å². The lowest BCUT2D eigenvalue weighted by Crippen LogP contribution is -2.25. The highest BCUT2D eigenvalue weighted by molar-refractivity contribution is 5.39. The topological polar surface area (TPSA) is 29.3 Å². The van der Waals surface area contributed by atoms with E-state index in [2.05, 4.69) is 33.2 Å². The van der Waals surface area contributed by atoms with Crippen LogP contribution in [-0.4, -0.2) is 15.9 Å². The van der Waals surface area contributed by atoms with Crippen molar-refractivity contribution < 1.29 is 0 Å². The monoisotopic (exact) mass is 241 g/mol. The molecule has 3 heteroatoms. The SMILES string of the molecule is c1ccn2cc(CNCC3(C4CC4)CC3)nc2c1. The van der Waals surface area contributed by atoms with E-state index in [-0.39, 0.29) is 0 Å². The van der Waals surface area contributed by atoms with Crippen molar-refractivity contribution in [1.29, 1.82) is 0 Å². The Morgan fingerprint density at radius 2 is 2.22 bits per heavy atom. The van der Waals surface area contributed by atoms with Crippen molar-refractivity contribution in [3.63, 3.8) is 0 Å². The second kappa shape index (κ2) is 3.82. The first kappa shape index (κ1) is 10.6. The predicted molar refractivity (Wildman–Crippen MR) is 71.3 cm³/mol. The van der Waals surface area contributed by atoms with Crippen molar-refractivity contribution in [2.75, 3.05) is 6.54 Å². The smallest absolute Gasteiger partial charge is 0.137 e. The highest BCUT2D eigenvalue weighted by Crippen LogP contribution is 2.60. The van der Waals surface area contributed by atoms with E-state index in [1.165, 1.54) is 32.2 Å². The zero-order valence-corrected chi connectivity index (χ0v) is 10.6. The molecule has 0 spiro atoms. The molecule has 0 radical (unpaired) electrons. The Hall–Kier alpha value is -1.35. The maximum absolute atomic E-state index is 4.61. The minimum atomic E-state index is 0.680. The van der Waals surface area contributed by atoms with Gasteiger partial charge in [-0.1, -0.05) is 6.07 Å². The number of nitrogens with one attached hydrogen (secondary N) is 1. The molecule has 94 valence electrons. The van der Waals surface area contributed by atoms with Crippen LogP contribution in [-0.2, 0) is 6.54 Å². The molecule has 0 bridgehead atoms. The van der Waals surface area contributed by atoms with Gasteiger partial charge in [-0.15, -0.1) is 0 Å². The Labute approximate surface area is 107 Å². The summed E-state index contributed by atoms with van der Waals surface area (Å²) in [7, 11) is 0. The van der Waals surface area contributed by atoms with E-state index in [4.69, 9.17) is 0 Å². The molecule has 2 fully saturated rings. The molecule has 2 saturated carbocycles. The zero-order chi connectivity index (χ0) is 12.0. The summed E-state index contributed by atoms with van der Waals surface area (Å²) in [6.45, 7) is 2.09. The van der Waals surface area contributed by atoms with Crippen LogP contribution >= 0.6 is 0 Å². The number of hydrogen-bond acceptors (Lipinski definition) is 2. The van der Waals surface area contributed by atoms with Crippen LogP contribution in [0.4, 0.5) is 0 Å². The van der Waals surface area contributed by atoms with Gasteiger partial charge in [0.1, 0.15) is 5.65 Å². The maximum atomic E-state index is 4.61. The highest BCUT2D eigenvalue weighted by atomic mass is 15.0. The van der Waals surface area contributed by atoms with Crippen molar-refractivity contribution in [2.24, 2.45) is 11.3 Å². The van der Waals surface area contributed by atoms with Gasteiger partial charge in [-0.25, -0.2) is 4.98 Å². The van der Waals surface area contributed by atoms with E-state index in [1.807, 2.05) is 12.1 Å². The average molecular weight is 241 g/mol. The van der Waals surface area contributed by atoms with Gasteiger partial charge in [-0.05, 0) is 49.1 Å². The summed E-state index contributed by atoms with van der Waals surface area (Å²) < 4.78 is 2.09. The van der Waals surface area contributed by atoms with Crippen LogP contribution in [0.25, 0.3) is 5.65 Å². The molecule has 0 unspecified atom stereocenters. The minimum Gasteiger partial charge on any atom is -0.311 e. The van der Waals surface area contributed by atoms with Crippen molar-refractivity contribution >= 4 is 5.65 Å². The second-order valence-corrected chi connectivity index (χ2v) is 5.94. The Bertz CT molecular complexity index is 531. The van der Waals surface area contributed by atoms with Crippen LogP contribution < -0.4 is 5.32 Å². The van der Waals surface area contributed by atoms with Crippen LogP contribution in [0.2, 0.25) is 0 Å². The lowest BCUT2D eigenvalue weighted by atomic mass is 10.0. The normalized spacial score (nSPS) is 21.3. The fourth-order valence-electron chi connectivity index (χ4n) is 3.10. The molecule has 3 nitrogen and oxygen atoms in total. The molecule has 4 rings (SSSR count). The number of hydrogen-bond donors (Lipinski definition) is 1. The summed E-state index contributed by atoms with van der Waals surface area (Å²) in [6, 6.07) is 6.13. The molecule has 0 saturated heterocycles. The first-order valence-electron chi connectivity index (χ1n) is 6.99. The number of rotatable bonds is 5. The lowest BCUT2D eigenvalue weighted by molar-refractivity contribution is 0.402. The molecule has 0 amide bonds. The van der Waals surface area contributed by atoms with Crippen LogP contribution in [0.15, 0.2) is 30.6 Å². The lowest BCUT2D eigenvalue weighted by Gasteiger charge is -2.14. The number of imidazole rings is 1. The molecule has 2 heterocycles. The molecular formula is C15H19N3. The van der Waals surface area contributed by atoms with Crippen LogP contribution in [0.5, 0.6) is 0 Å². The van der Waals surface area contributed by atoms with Crippen molar-refractivity contribution in [2.45, 2.75) is 32.2 Å². The van der Waals surface area contributed by atoms with Gasteiger partial charge in [-0.2, -0.15) is 0 Å². The third kappa shape index (κ3) is 1.83. The van der Waals surface area contributed by atoms with Gasteiger partial charge < -0.3 is 9.72 Å². The Kier molecular flexibility index (Phi) is 2.24. The van der Waals surface area contributed by atoms with Crippen molar-refractivity contribution in [3.8, 4) is 0 Å². The van der Waals surface area contributed by atoms with Gasteiger partial charge in [0, 0.05) is 25.5 Å². The minimum absolute atomic E-state index is 0.680. The van der Waals surface area contributed by atoms with Crippen LogP contribution in [0.1, 0.15) is 31.4 Å². The summed E-state index contributed by atoms with van der Waals surface area (Å²) in [6.07, 6.45) is 10.00. The summed E-state index contributed by atoms with van der Waals surface area (Å²) in [5, 5.41) is 3.61. The largest absolute Gasteiger partial charge is 0.311 e. The fourth-order valence-corrected chi connectivity index (χ4v) is 3.10. The van der Waals surface area contributed by atoms with Crippen molar-refractivity contribution in [1.82, 2.24) is 14.7 Å².